The largest absolute Gasteiger partial charge is 0.497 e. The summed E-state index contributed by atoms with van der Waals surface area (Å²) in [7, 11) is 3.13. The quantitative estimate of drug-likeness (QED) is 0.375. The second kappa shape index (κ2) is 11.9. The van der Waals surface area contributed by atoms with Crippen LogP contribution < -0.4 is 10.1 Å². The van der Waals surface area contributed by atoms with Gasteiger partial charge in [0.2, 0.25) is 11.8 Å². The van der Waals surface area contributed by atoms with E-state index in [0.29, 0.717) is 11.3 Å². The molecule has 0 saturated carbocycles. The van der Waals surface area contributed by atoms with E-state index in [1.807, 2.05) is 0 Å². The minimum Gasteiger partial charge on any atom is -0.497 e. The first-order valence-electron chi connectivity index (χ1n) is 12.2. The summed E-state index contributed by atoms with van der Waals surface area (Å²) in [5, 5.41) is 14.9. The fourth-order valence-electron chi connectivity index (χ4n) is 4.81. The van der Waals surface area contributed by atoms with Crippen LogP contribution in [0.4, 0.5) is 9.18 Å². The number of halogens is 2. The van der Waals surface area contributed by atoms with Crippen molar-refractivity contribution in [1.29, 1.82) is 0 Å². The zero-order valence-corrected chi connectivity index (χ0v) is 22.2. The van der Waals surface area contributed by atoms with Crippen LogP contribution in [0.3, 0.4) is 0 Å². The number of ether oxygens (including phenoxy) is 1. The van der Waals surface area contributed by atoms with Gasteiger partial charge in [-0.1, -0.05) is 35.9 Å². The van der Waals surface area contributed by atoms with Crippen molar-refractivity contribution in [2.24, 2.45) is 0 Å². The molecule has 0 aromatic heterocycles. The van der Waals surface area contributed by atoms with E-state index in [1.54, 1.807) is 38.4 Å². The van der Waals surface area contributed by atoms with Gasteiger partial charge in [0.05, 0.1) is 20.2 Å². The van der Waals surface area contributed by atoms with Crippen molar-refractivity contribution in [2.75, 3.05) is 27.2 Å². The van der Waals surface area contributed by atoms with Gasteiger partial charge in [-0.15, -0.1) is 0 Å². The number of fused-ring (bicyclic) bond motifs is 1. The van der Waals surface area contributed by atoms with Crippen molar-refractivity contribution in [3.8, 4) is 5.75 Å². The molecule has 11 nitrogen and oxygen atoms in total. The highest BCUT2D eigenvalue weighted by atomic mass is 35.5. The Kier molecular flexibility index (Phi) is 8.56. The minimum atomic E-state index is -1.15. The normalized spacial score (nSPS) is 20.5. The second-order valence-electron chi connectivity index (χ2n) is 9.27. The topological polar surface area (TPSA) is 123 Å². The molecule has 4 amide bonds. The number of hydrogen-bond donors (Lipinski definition) is 2. The number of urea groups is 1. The molecule has 13 heteroatoms. The molecule has 0 bridgehead atoms. The lowest BCUT2D eigenvalue weighted by molar-refractivity contribution is -0.188. The molecule has 208 valence electrons. The van der Waals surface area contributed by atoms with Gasteiger partial charge in [0.15, 0.2) is 0 Å². The smallest absolute Gasteiger partial charge is 0.334 e. The molecule has 2 saturated heterocycles. The van der Waals surface area contributed by atoms with Crippen LogP contribution in [0.15, 0.2) is 48.5 Å². The molecule has 0 spiro atoms. The van der Waals surface area contributed by atoms with Gasteiger partial charge >= 0.3 is 12.0 Å². The van der Waals surface area contributed by atoms with Crippen LogP contribution in [0.2, 0.25) is 0 Å². The molecule has 2 aromatic carbocycles. The standard InChI is InChI=1S/C26H29ClFN5O6/c1-30-15-22(34)32-20(11-12-23(35)36)25(37)31(24(27)17-5-7-18(28)8-6-17)14-21(32)33(30)26(38)29-13-16-3-9-19(39-2)10-4-16/h3-10,20-21,24H,11-15H2,1-2H3,(H,29,38)(H,35,36)/t20-,21-,24?/m0/s1. The molecule has 2 fully saturated rings. The monoisotopic (exact) mass is 561 g/mol. The molecule has 0 aliphatic carbocycles. The first-order chi connectivity index (χ1) is 18.6. The summed E-state index contributed by atoms with van der Waals surface area (Å²) >= 11 is 6.68. The van der Waals surface area contributed by atoms with E-state index in [-0.39, 0.29) is 32.5 Å². The lowest BCUT2D eigenvalue weighted by Crippen LogP contribution is -2.76. The predicted octanol–water partition coefficient (Wildman–Crippen LogP) is 2.37. The molecule has 3 atom stereocenters. The number of likely N-dealkylation sites (N-methyl/N-ethyl adjacent to an activating group) is 1. The van der Waals surface area contributed by atoms with E-state index in [1.165, 1.54) is 44.1 Å². The zero-order chi connectivity index (χ0) is 28.3. The van der Waals surface area contributed by atoms with Crippen LogP contribution in [0, 0.1) is 5.82 Å². The van der Waals surface area contributed by atoms with Crippen molar-refractivity contribution in [2.45, 2.75) is 37.1 Å². The number of aliphatic carboxylic acids is 1. The number of hydrazine groups is 1. The average molecular weight is 562 g/mol. The fourth-order valence-corrected chi connectivity index (χ4v) is 5.13. The summed E-state index contributed by atoms with van der Waals surface area (Å²) in [4.78, 5) is 54.1. The third kappa shape index (κ3) is 6.07. The number of benzene rings is 2. The number of piperazine rings is 1. The molecule has 2 aliphatic heterocycles. The number of nitrogens with zero attached hydrogens (tertiary/aromatic N) is 4. The lowest BCUT2D eigenvalue weighted by Gasteiger charge is -2.55. The van der Waals surface area contributed by atoms with E-state index in [4.69, 9.17) is 16.3 Å². The Morgan fingerprint density at radius 2 is 1.82 bits per heavy atom. The number of carbonyl (C=O) groups is 4. The Morgan fingerprint density at radius 3 is 2.44 bits per heavy atom. The lowest BCUT2D eigenvalue weighted by atomic mass is 10.0. The van der Waals surface area contributed by atoms with E-state index < -0.39 is 47.3 Å². The van der Waals surface area contributed by atoms with E-state index in [9.17, 15) is 28.7 Å². The third-order valence-corrected chi connectivity index (χ3v) is 7.24. The van der Waals surface area contributed by atoms with Gasteiger partial charge in [0.1, 0.15) is 29.3 Å². The molecule has 2 aromatic rings. The SMILES string of the molecule is COc1ccc(CNC(=O)N2[C@H]3CN(C(Cl)c4ccc(F)cc4)C(=O)[C@H](CCC(=O)O)N3C(=O)CN2C)cc1. The van der Waals surface area contributed by atoms with Crippen LogP contribution >= 0.6 is 11.6 Å². The van der Waals surface area contributed by atoms with Crippen LogP contribution in [0.5, 0.6) is 5.75 Å². The van der Waals surface area contributed by atoms with E-state index in [2.05, 4.69) is 5.32 Å². The molecule has 0 radical (unpaired) electrons. The Hall–Kier alpha value is -3.90. The van der Waals surface area contributed by atoms with Crippen LogP contribution in [0.1, 0.15) is 29.5 Å². The first kappa shape index (κ1) is 28.1. The number of nitrogens with one attached hydrogen (secondary N) is 1. The van der Waals surface area contributed by atoms with Gasteiger partial charge in [-0.25, -0.2) is 19.2 Å². The van der Waals surface area contributed by atoms with Crippen molar-refractivity contribution < 1.29 is 33.4 Å². The number of methoxy groups -OCH3 is 1. The molecule has 39 heavy (non-hydrogen) atoms. The summed E-state index contributed by atoms with van der Waals surface area (Å²) in [5.41, 5.74) is 0.204. The second-order valence-corrected chi connectivity index (χ2v) is 9.69. The molecule has 2 N–H and O–H groups in total. The Labute approximate surface area is 229 Å². The summed E-state index contributed by atoms with van der Waals surface area (Å²) in [6.07, 6.45) is -1.49. The maximum atomic E-state index is 13.6. The highest BCUT2D eigenvalue weighted by Crippen LogP contribution is 2.34. The van der Waals surface area contributed by atoms with E-state index >= 15 is 0 Å². The highest BCUT2D eigenvalue weighted by molar-refractivity contribution is 6.21. The van der Waals surface area contributed by atoms with Gasteiger partial charge < -0.3 is 25.0 Å². The molecular formula is C26H29ClFN5O6. The van der Waals surface area contributed by atoms with E-state index in [0.717, 1.165) is 5.56 Å². The van der Waals surface area contributed by atoms with Gasteiger partial charge in [-0.2, -0.15) is 0 Å². The first-order valence-corrected chi connectivity index (χ1v) is 12.7. The molecule has 2 heterocycles. The minimum absolute atomic E-state index is 0.139. The maximum absolute atomic E-state index is 13.6. The number of hydrogen-bond acceptors (Lipinski definition) is 6. The highest BCUT2D eigenvalue weighted by Gasteiger charge is 2.51. The molecular weight excluding hydrogens is 533 g/mol. The number of carboxylic acid groups (broad SMARTS) is 1. The van der Waals surface area contributed by atoms with Crippen molar-refractivity contribution in [3.05, 3.63) is 65.5 Å². The Balaban J connectivity index is 1.62. The van der Waals surface area contributed by atoms with Crippen molar-refractivity contribution in [3.63, 3.8) is 0 Å². The van der Waals surface area contributed by atoms with Gasteiger partial charge in [-0.3, -0.25) is 14.4 Å². The molecule has 1 unspecified atom stereocenters. The van der Waals surface area contributed by atoms with Gasteiger partial charge in [0.25, 0.3) is 0 Å². The predicted molar refractivity (Wildman–Crippen MR) is 138 cm³/mol. The van der Waals surface area contributed by atoms with Crippen molar-refractivity contribution >= 4 is 35.4 Å². The average Bonchev–Trinajstić information content (AvgIpc) is 2.91. The summed E-state index contributed by atoms with van der Waals surface area (Å²) in [6, 6.07) is 10.8. The zero-order valence-electron chi connectivity index (χ0n) is 21.4. The van der Waals surface area contributed by atoms with Crippen molar-refractivity contribution in [1.82, 2.24) is 25.1 Å². The number of carbonyl (C=O) groups excluding carboxylic acids is 3. The summed E-state index contributed by atoms with van der Waals surface area (Å²) < 4.78 is 18.7. The van der Waals surface area contributed by atoms with Crippen LogP contribution in [-0.2, 0) is 20.9 Å². The number of amides is 4. The summed E-state index contributed by atoms with van der Waals surface area (Å²) in [6.45, 7) is -0.141. The number of carboxylic acids is 1. The Morgan fingerprint density at radius 1 is 1.15 bits per heavy atom. The number of alkyl halides is 1. The summed E-state index contributed by atoms with van der Waals surface area (Å²) in [5.74, 6) is -1.90. The van der Waals surface area contributed by atoms with Crippen LogP contribution in [-0.4, -0.2) is 88.2 Å². The maximum Gasteiger partial charge on any atom is 0.334 e. The Bertz CT molecular complexity index is 1230. The van der Waals surface area contributed by atoms with Crippen LogP contribution in [0.25, 0.3) is 0 Å². The van der Waals surface area contributed by atoms with Gasteiger partial charge in [-0.05, 0) is 41.8 Å². The third-order valence-electron chi connectivity index (χ3n) is 6.75. The fraction of sp³-hybridized carbons (Fsp3) is 0.385. The molecule has 2 aliphatic rings. The molecule has 4 rings (SSSR count). The van der Waals surface area contributed by atoms with Gasteiger partial charge in [0, 0.05) is 20.0 Å². The number of rotatable bonds is 8.